The number of nitrogens with two attached hydrogens (primary N) is 1. The van der Waals surface area contributed by atoms with Crippen molar-refractivity contribution in [1.29, 1.82) is 0 Å². The molecule has 1 aromatic carbocycles. The molecule has 0 amide bonds. The third-order valence-electron chi connectivity index (χ3n) is 2.05. The number of carboxylic acids is 1. The van der Waals surface area contributed by atoms with Crippen LogP contribution in [0.3, 0.4) is 0 Å². The summed E-state index contributed by atoms with van der Waals surface area (Å²) in [5.41, 5.74) is 6.73. The van der Waals surface area contributed by atoms with Crippen molar-refractivity contribution in [2.45, 2.75) is 18.2 Å². The predicted molar refractivity (Wildman–Crippen MR) is 58.4 cm³/mol. The molecule has 1 aromatic rings. The Morgan fingerprint density at radius 3 is 2.69 bits per heavy atom. The van der Waals surface area contributed by atoms with Crippen molar-refractivity contribution in [3.8, 4) is 0 Å². The van der Waals surface area contributed by atoms with Crippen LogP contribution < -0.4 is 5.73 Å². The Bertz CT molecular complexity index is 408. The van der Waals surface area contributed by atoms with Gasteiger partial charge in [0.05, 0.1) is 0 Å². The molecule has 0 aliphatic rings. The molecular weight excluding hydrogens is 230 g/mol. The van der Waals surface area contributed by atoms with Gasteiger partial charge in [-0.15, -0.1) is 0 Å². The Labute approximate surface area is 95.6 Å². The molecule has 5 nitrogen and oxygen atoms in total. The second kappa shape index (κ2) is 5.74. The van der Waals surface area contributed by atoms with Crippen LogP contribution in [0, 0.1) is 0 Å². The predicted octanol–water partition coefficient (Wildman–Crippen LogP) is 0.0201. The summed E-state index contributed by atoms with van der Waals surface area (Å²) in [6, 6.07) is 5.77. The first kappa shape index (κ1) is 12.8. The number of hydrogen-bond acceptors (Lipinski definition) is 4. The molecule has 0 fully saturated rings. The molecule has 1 unspecified atom stereocenters. The number of carbonyl (C=O) groups is 1. The molecule has 3 N–H and O–H groups in total. The minimum Gasteiger partial charge on any atom is -0.772 e. The van der Waals surface area contributed by atoms with E-state index in [1.54, 1.807) is 24.3 Å². The Kier molecular flexibility index (Phi) is 4.60. The van der Waals surface area contributed by atoms with Crippen molar-refractivity contribution in [1.82, 2.24) is 0 Å². The Morgan fingerprint density at radius 2 is 2.12 bits per heavy atom. The topological polar surface area (TPSA) is 103 Å². The van der Waals surface area contributed by atoms with Crippen molar-refractivity contribution >= 4 is 17.0 Å². The van der Waals surface area contributed by atoms with Crippen molar-refractivity contribution < 1.29 is 18.7 Å². The lowest BCUT2D eigenvalue weighted by molar-refractivity contribution is -0.138. The molecule has 0 aromatic heterocycles. The summed E-state index contributed by atoms with van der Waals surface area (Å²) < 4.78 is 21.0. The molecule has 88 valence electrons. The highest BCUT2D eigenvalue weighted by Crippen LogP contribution is 2.09. The molecule has 0 spiro atoms. The first-order valence-corrected chi connectivity index (χ1v) is 5.85. The quantitative estimate of drug-likeness (QED) is 0.708. The highest BCUT2D eigenvalue weighted by Gasteiger charge is 2.11. The van der Waals surface area contributed by atoms with Gasteiger partial charge in [0, 0.05) is 5.75 Å². The Balaban J connectivity index is 2.74. The molecule has 0 saturated carbocycles. The normalized spacial score (nSPS) is 14.4. The maximum absolute atomic E-state index is 10.5. The fourth-order valence-electron chi connectivity index (χ4n) is 1.32. The van der Waals surface area contributed by atoms with Gasteiger partial charge in [-0.05, 0) is 17.5 Å². The maximum Gasteiger partial charge on any atom is 0.320 e. The van der Waals surface area contributed by atoms with Gasteiger partial charge in [-0.25, -0.2) is 0 Å². The van der Waals surface area contributed by atoms with Gasteiger partial charge in [-0.2, -0.15) is 0 Å². The van der Waals surface area contributed by atoms with E-state index in [1.165, 1.54) is 0 Å². The van der Waals surface area contributed by atoms with Crippen LogP contribution in [-0.4, -0.2) is 25.9 Å². The highest BCUT2D eigenvalue weighted by molar-refractivity contribution is 7.78. The molecule has 0 aliphatic heterocycles. The molecular formula is C10H12NO4S-. The van der Waals surface area contributed by atoms with E-state index in [1.807, 2.05) is 0 Å². The lowest BCUT2D eigenvalue weighted by atomic mass is 10.0. The summed E-state index contributed by atoms with van der Waals surface area (Å²) in [6.45, 7) is 0. The standard InChI is InChI=1S/C10H13NO4S/c11-9(10(12)13)5-7-2-1-3-8(4-7)6-16(14)15/h1-4,9H,5-6,11H2,(H,12,13)(H,14,15)/p-1/t9-/m0/s1. The molecule has 2 atom stereocenters. The van der Waals surface area contributed by atoms with E-state index >= 15 is 0 Å². The Morgan fingerprint density at radius 1 is 1.50 bits per heavy atom. The van der Waals surface area contributed by atoms with E-state index in [9.17, 15) is 13.6 Å². The SMILES string of the molecule is N[C@@H](Cc1cccc(CS(=O)[O-])c1)C(=O)O. The van der Waals surface area contributed by atoms with Gasteiger partial charge >= 0.3 is 5.97 Å². The fraction of sp³-hybridized carbons (Fsp3) is 0.300. The minimum absolute atomic E-state index is 0.0733. The van der Waals surface area contributed by atoms with Gasteiger partial charge in [0.1, 0.15) is 6.04 Å². The second-order valence-electron chi connectivity index (χ2n) is 3.42. The monoisotopic (exact) mass is 242 g/mol. The van der Waals surface area contributed by atoms with Crippen LogP contribution in [0.4, 0.5) is 0 Å². The van der Waals surface area contributed by atoms with Crippen molar-refractivity contribution in [3.05, 3.63) is 35.4 Å². The fourth-order valence-corrected chi connectivity index (χ4v) is 1.78. The molecule has 0 saturated heterocycles. The number of carboxylic acid groups (broad SMARTS) is 1. The molecule has 0 radical (unpaired) electrons. The van der Waals surface area contributed by atoms with E-state index in [0.717, 1.165) is 5.56 Å². The smallest absolute Gasteiger partial charge is 0.320 e. The first-order chi connectivity index (χ1) is 7.49. The number of hydrogen-bond donors (Lipinski definition) is 2. The first-order valence-electron chi connectivity index (χ1n) is 4.61. The third-order valence-corrected chi connectivity index (χ3v) is 2.62. The summed E-state index contributed by atoms with van der Waals surface area (Å²) in [5.74, 6) is -1.14. The van der Waals surface area contributed by atoms with Crippen molar-refractivity contribution in [2.24, 2.45) is 5.73 Å². The van der Waals surface area contributed by atoms with Crippen LogP contribution in [0.2, 0.25) is 0 Å². The summed E-state index contributed by atoms with van der Waals surface area (Å²) in [6.07, 6.45) is 0.189. The highest BCUT2D eigenvalue weighted by atomic mass is 32.2. The lowest BCUT2D eigenvalue weighted by Crippen LogP contribution is -2.32. The zero-order valence-corrected chi connectivity index (χ0v) is 9.28. The second-order valence-corrected chi connectivity index (χ2v) is 4.31. The maximum atomic E-state index is 10.5. The van der Waals surface area contributed by atoms with Crippen LogP contribution in [0.1, 0.15) is 11.1 Å². The average Bonchev–Trinajstić information content (AvgIpc) is 2.16. The summed E-state index contributed by atoms with van der Waals surface area (Å²) in [4.78, 5) is 10.5. The van der Waals surface area contributed by atoms with E-state index in [0.29, 0.717) is 5.56 Å². The molecule has 16 heavy (non-hydrogen) atoms. The largest absolute Gasteiger partial charge is 0.772 e. The van der Waals surface area contributed by atoms with Crippen LogP contribution >= 0.6 is 0 Å². The van der Waals surface area contributed by atoms with Gasteiger partial charge in [-0.1, -0.05) is 35.3 Å². The lowest BCUT2D eigenvalue weighted by Gasteiger charge is -2.09. The zero-order chi connectivity index (χ0) is 12.1. The van der Waals surface area contributed by atoms with Crippen LogP contribution in [0.5, 0.6) is 0 Å². The molecule has 1 rings (SSSR count). The van der Waals surface area contributed by atoms with E-state index < -0.39 is 23.1 Å². The van der Waals surface area contributed by atoms with Crippen LogP contribution in [0.25, 0.3) is 0 Å². The molecule has 6 heteroatoms. The number of benzene rings is 1. The van der Waals surface area contributed by atoms with Crippen molar-refractivity contribution in [3.63, 3.8) is 0 Å². The minimum atomic E-state index is -2.14. The van der Waals surface area contributed by atoms with Crippen molar-refractivity contribution in [2.75, 3.05) is 0 Å². The van der Waals surface area contributed by atoms with Gasteiger partial charge in [-0.3, -0.25) is 9.00 Å². The van der Waals surface area contributed by atoms with Crippen LogP contribution in [0.15, 0.2) is 24.3 Å². The summed E-state index contributed by atoms with van der Waals surface area (Å²) >= 11 is -2.14. The summed E-state index contributed by atoms with van der Waals surface area (Å²) in [5, 5.41) is 8.63. The molecule has 0 aliphatic carbocycles. The number of rotatable bonds is 5. The van der Waals surface area contributed by atoms with Gasteiger partial charge < -0.3 is 15.4 Å². The average molecular weight is 242 g/mol. The van der Waals surface area contributed by atoms with E-state index in [4.69, 9.17) is 10.8 Å². The number of aliphatic carboxylic acids is 1. The van der Waals surface area contributed by atoms with E-state index in [2.05, 4.69) is 0 Å². The Hall–Kier alpha value is -1.24. The van der Waals surface area contributed by atoms with E-state index in [-0.39, 0.29) is 12.2 Å². The van der Waals surface area contributed by atoms with Gasteiger partial charge in [0.15, 0.2) is 0 Å². The summed E-state index contributed by atoms with van der Waals surface area (Å²) in [7, 11) is 0. The van der Waals surface area contributed by atoms with Crippen LogP contribution in [-0.2, 0) is 28.0 Å². The molecule has 0 heterocycles. The van der Waals surface area contributed by atoms with Gasteiger partial charge in [0.25, 0.3) is 0 Å². The molecule has 0 bridgehead atoms. The third kappa shape index (κ3) is 4.09. The van der Waals surface area contributed by atoms with Gasteiger partial charge in [0.2, 0.25) is 0 Å². The zero-order valence-electron chi connectivity index (χ0n) is 8.46.